The number of fused-ring (bicyclic) bond motifs is 2. The lowest BCUT2D eigenvalue weighted by Gasteiger charge is -2.47. The number of nitrogens with one attached hydrogen (secondary N) is 4. The summed E-state index contributed by atoms with van der Waals surface area (Å²) in [5.74, 6) is 1.03. The molecule has 19 nitrogen and oxygen atoms in total. The molecule has 0 aliphatic carbocycles. The van der Waals surface area contributed by atoms with E-state index in [1.165, 1.54) is 48.2 Å². The normalized spacial score (nSPS) is 18.6. The van der Waals surface area contributed by atoms with E-state index in [9.17, 15) is 60.8 Å². The van der Waals surface area contributed by atoms with Crippen molar-refractivity contribution in [1.29, 1.82) is 0 Å². The molecule has 3 saturated heterocycles. The maximum atomic E-state index is 16.2. The van der Waals surface area contributed by atoms with Gasteiger partial charge in [0.2, 0.25) is 5.91 Å². The minimum Gasteiger partial charge on any atom is -0.465 e. The van der Waals surface area contributed by atoms with E-state index in [0.717, 1.165) is 64.2 Å². The Kier molecular flexibility index (Phi) is 18.9. The van der Waals surface area contributed by atoms with E-state index in [1.807, 2.05) is 22.9 Å². The summed E-state index contributed by atoms with van der Waals surface area (Å²) in [6, 6.07) is 7.39. The first-order valence-corrected chi connectivity index (χ1v) is 26.2. The van der Waals surface area contributed by atoms with Crippen LogP contribution in [0.25, 0.3) is 11.3 Å². The smallest absolute Gasteiger partial charge is 0.407 e. The molecule has 3 aliphatic heterocycles. The second-order valence-electron chi connectivity index (χ2n) is 22.5. The van der Waals surface area contributed by atoms with Gasteiger partial charge in [-0.25, -0.2) is 28.4 Å². The summed E-state index contributed by atoms with van der Waals surface area (Å²) in [7, 11) is 0.832. The van der Waals surface area contributed by atoms with Crippen molar-refractivity contribution < 1.29 is 79.1 Å². The Bertz CT molecular complexity index is 2960. The molecule has 446 valence electrons. The number of hydrazine groups is 1. The lowest BCUT2D eigenvalue weighted by molar-refractivity contribution is -0.221. The van der Waals surface area contributed by atoms with Crippen LogP contribution in [0.15, 0.2) is 67.0 Å². The van der Waals surface area contributed by atoms with Crippen molar-refractivity contribution >= 4 is 29.8 Å². The highest BCUT2D eigenvalue weighted by atomic mass is 19.4. The molecule has 6 atom stereocenters. The SMILES string of the molecule is COC(=O)N[C@H](C(=O)N[C@@H](Cc1ccc(C#Cc2ccc(N3CC4CCC(C3)N4C3COC3)nc2)cc1)[C@@H](O)CN(Cc1c(F)cc(-c2ccn(CC(C)(C)O)n2)cc1F)NC(=O)[C@@H](NC(=O)O)C(C)(C)C(F)(F)F)C(C)(C)C(F)(F)F. The first-order valence-electron chi connectivity index (χ1n) is 26.2. The van der Waals surface area contributed by atoms with Crippen LogP contribution in [-0.2, 0) is 38.6 Å². The Hall–Kier alpha value is -7.12. The van der Waals surface area contributed by atoms with E-state index in [-0.39, 0.29) is 17.8 Å². The molecular weight excluding hydrogens is 1100 g/mol. The van der Waals surface area contributed by atoms with Crippen LogP contribution in [0.5, 0.6) is 0 Å². The topological polar surface area (TPSA) is 236 Å². The largest absolute Gasteiger partial charge is 0.465 e. The van der Waals surface area contributed by atoms with Crippen molar-refractivity contribution in [3.63, 3.8) is 0 Å². The molecule has 7 rings (SSSR count). The Morgan fingerprint density at radius 2 is 1.38 bits per heavy atom. The van der Waals surface area contributed by atoms with Crippen LogP contribution in [0.1, 0.15) is 76.6 Å². The number of carbonyl (C=O) groups is 4. The van der Waals surface area contributed by atoms with E-state index >= 15 is 8.78 Å². The lowest BCUT2D eigenvalue weighted by atomic mass is 9.82. The van der Waals surface area contributed by atoms with Crippen LogP contribution in [0.2, 0.25) is 0 Å². The van der Waals surface area contributed by atoms with Gasteiger partial charge in [0.15, 0.2) is 0 Å². The lowest BCUT2D eigenvalue weighted by Crippen LogP contribution is -2.63. The standard InChI is InChI=1S/C55H66F8N10O9/c1-51(2,80)30-71-19-18-41(68-71)34-21-39(56)38(40(57)22-34)26-72(69-48(76)46(66-49(77)78)53(5,6)55(61,62)63)27-43(74)42(65-47(75)45(67-50(79)81-7)52(3,4)54(58,59)60)20-32-11-8-31(9-12-32)10-13-33-14-17-44(64-23-33)70-24-35-15-16-36(25-70)73(35)37-28-82-29-37/h8-9,11-12,14,17-19,21-23,35-37,42-43,45-46,66,74,80H,15-16,20,24-30H2,1-7H3,(H,65,75)(H,67,79)(H,69,76)(H,77,78)/t35?,36?,42-,43-,45+,46+/m0/s1. The van der Waals surface area contributed by atoms with Gasteiger partial charge in [0, 0.05) is 72.9 Å². The minimum atomic E-state index is -5.25. The molecule has 4 amide bonds. The number of rotatable bonds is 20. The molecule has 0 spiro atoms. The van der Waals surface area contributed by atoms with Crippen molar-refractivity contribution in [2.75, 3.05) is 44.9 Å². The number of pyridine rings is 1. The van der Waals surface area contributed by atoms with E-state index in [2.05, 4.69) is 41.8 Å². The average molecular weight is 1160 g/mol. The molecule has 3 aliphatic rings. The zero-order valence-corrected chi connectivity index (χ0v) is 46.0. The summed E-state index contributed by atoms with van der Waals surface area (Å²) < 4.78 is 131. The molecule has 2 bridgehead atoms. The van der Waals surface area contributed by atoms with Crippen molar-refractivity contribution in [3.8, 4) is 23.1 Å². The number of halogens is 8. The van der Waals surface area contributed by atoms with Crippen molar-refractivity contribution in [3.05, 3.63) is 101 Å². The van der Waals surface area contributed by atoms with Crippen molar-refractivity contribution in [2.24, 2.45) is 10.8 Å². The highest BCUT2D eigenvalue weighted by Crippen LogP contribution is 2.42. The van der Waals surface area contributed by atoms with Crippen LogP contribution in [0.4, 0.5) is 50.5 Å². The predicted octanol–water partition coefficient (Wildman–Crippen LogP) is 5.91. The van der Waals surface area contributed by atoms with Gasteiger partial charge in [-0.3, -0.25) is 24.6 Å². The third-order valence-electron chi connectivity index (χ3n) is 15.0. The number of nitrogens with zero attached hydrogens (tertiary/aromatic N) is 6. The number of alkyl carbamates (subject to hydrolysis) is 1. The molecule has 82 heavy (non-hydrogen) atoms. The van der Waals surface area contributed by atoms with Crippen LogP contribution in [-0.4, -0.2) is 164 Å². The Labute approximate surface area is 467 Å². The van der Waals surface area contributed by atoms with E-state index in [0.29, 0.717) is 67.5 Å². The maximum absolute atomic E-state index is 16.2. The summed E-state index contributed by atoms with van der Waals surface area (Å²) in [5, 5.41) is 42.3. The molecule has 0 saturated carbocycles. The number of ether oxygens (including phenoxy) is 2. The fourth-order valence-electron chi connectivity index (χ4n) is 10.0. The van der Waals surface area contributed by atoms with Gasteiger partial charge in [0.1, 0.15) is 29.5 Å². The number of carbonyl (C=O) groups excluding carboxylic acids is 3. The van der Waals surface area contributed by atoms with Crippen molar-refractivity contribution in [2.45, 2.75) is 134 Å². The number of carboxylic acid groups (broad SMARTS) is 1. The van der Waals surface area contributed by atoms with Crippen LogP contribution in [0.3, 0.4) is 0 Å². The molecule has 2 aromatic carbocycles. The number of aliphatic hydroxyl groups excluding tert-OH is 1. The highest BCUT2D eigenvalue weighted by molar-refractivity contribution is 5.87. The monoisotopic (exact) mass is 1160 g/mol. The maximum Gasteiger partial charge on any atom is 0.407 e. The van der Waals surface area contributed by atoms with Gasteiger partial charge in [-0.05, 0) is 109 Å². The number of anilines is 1. The zero-order valence-electron chi connectivity index (χ0n) is 46.0. The molecule has 4 aromatic rings. The molecule has 27 heteroatoms. The first-order chi connectivity index (χ1) is 38.2. The van der Waals surface area contributed by atoms with Gasteiger partial charge in [-0.2, -0.15) is 31.4 Å². The van der Waals surface area contributed by atoms with Crippen molar-refractivity contribution in [1.82, 2.24) is 46.0 Å². The van der Waals surface area contributed by atoms with E-state index < -0.39 is 114 Å². The number of alkyl halides is 6. The first kappa shape index (κ1) is 62.5. The summed E-state index contributed by atoms with van der Waals surface area (Å²) in [4.78, 5) is 61.8. The predicted molar refractivity (Wildman–Crippen MR) is 280 cm³/mol. The second-order valence-corrected chi connectivity index (χ2v) is 22.5. The molecule has 5 heterocycles. The van der Waals surface area contributed by atoms with Gasteiger partial charge < -0.3 is 45.6 Å². The van der Waals surface area contributed by atoms with Gasteiger partial charge in [-0.1, -0.05) is 24.0 Å². The van der Waals surface area contributed by atoms with Gasteiger partial charge >= 0.3 is 24.5 Å². The molecule has 7 N–H and O–H groups in total. The average Bonchev–Trinajstić information content (AvgIpc) is 2.87. The molecular formula is C55H66F8N10O9. The summed E-state index contributed by atoms with van der Waals surface area (Å²) in [6.07, 6.45) is -11.2. The Morgan fingerprint density at radius 3 is 1.89 bits per heavy atom. The van der Waals surface area contributed by atoms with Gasteiger partial charge in [0.05, 0.1) is 67.2 Å². The number of piperazine rings is 1. The van der Waals surface area contributed by atoms with Crippen LogP contribution in [0, 0.1) is 34.3 Å². The number of aromatic nitrogens is 3. The van der Waals surface area contributed by atoms with Crippen LogP contribution < -0.4 is 26.3 Å². The summed E-state index contributed by atoms with van der Waals surface area (Å²) in [5.41, 5.74) is -4.96. The molecule has 3 fully saturated rings. The number of hydrogen-bond donors (Lipinski definition) is 7. The van der Waals surface area contributed by atoms with Crippen LogP contribution >= 0.6 is 0 Å². The molecule has 0 radical (unpaired) electrons. The number of aliphatic hydroxyl groups is 2. The highest BCUT2D eigenvalue weighted by Gasteiger charge is 2.57. The fraction of sp³-hybridized carbons (Fsp3) is 0.527. The van der Waals surface area contributed by atoms with Gasteiger partial charge in [0.25, 0.3) is 5.91 Å². The molecule has 2 unspecified atom stereocenters. The van der Waals surface area contributed by atoms with E-state index in [4.69, 9.17) is 4.74 Å². The summed E-state index contributed by atoms with van der Waals surface area (Å²) >= 11 is 0. The third kappa shape index (κ3) is 14.9. The Balaban J connectivity index is 1.18. The van der Waals surface area contributed by atoms with E-state index in [1.54, 1.807) is 18.3 Å². The minimum absolute atomic E-state index is 0.00949. The quantitative estimate of drug-likeness (QED) is 0.0310. The zero-order chi connectivity index (χ0) is 60.3. The molecule has 2 aromatic heterocycles. The number of hydrogen-bond acceptors (Lipinski definition) is 13. The number of methoxy groups -OCH3 is 1. The summed E-state index contributed by atoms with van der Waals surface area (Å²) in [6.45, 7) is 6.22. The number of amides is 4. The second kappa shape index (κ2) is 24.8. The third-order valence-corrected chi connectivity index (χ3v) is 15.0. The van der Waals surface area contributed by atoms with Gasteiger partial charge in [-0.15, -0.1) is 0 Å². The Morgan fingerprint density at radius 1 is 0.805 bits per heavy atom. The fourth-order valence-corrected chi connectivity index (χ4v) is 10.0. The number of benzene rings is 2.